The summed E-state index contributed by atoms with van der Waals surface area (Å²) in [5, 5.41) is 40.5. The van der Waals surface area contributed by atoms with Gasteiger partial charge in [0.05, 0.1) is 23.7 Å². The molecular formula is C46H78IN3O11S. The van der Waals surface area contributed by atoms with E-state index in [0.717, 1.165) is 12.0 Å². The number of methoxy groups -OCH3 is 1. The predicted octanol–water partition coefficient (Wildman–Crippen LogP) is 5.45. The van der Waals surface area contributed by atoms with Gasteiger partial charge in [-0.05, 0) is 103 Å². The van der Waals surface area contributed by atoms with Crippen molar-refractivity contribution >= 4 is 49.5 Å². The van der Waals surface area contributed by atoms with E-state index < -0.39 is 110 Å². The van der Waals surface area contributed by atoms with Gasteiger partial charge in [0.15, 0.2) is 18.4 Å². The first kappa shape index (κ1) is 53.5. The van der Waals surface area contributed by atoms with E-state index in [0.29, 0.717) is 32.0 Å². The van der Waals surface area contributed by atoms with Crippen molar-refractivity contribution in [3.8, 4) is 0 Å². The molecule has 17 atom stereocenters. The normalized spacial score (nSPS) is 41.9. The average Bonchev–Trinajstić information content (AvgIpc) is 3.21. The lowest BCUT2D eigenvalue weighted by atomic mass is 9.72. The average molecular weight is 1010 g/mol. The van der Waals surface area contributed by atoms with Crippen molar-refractivity contribution in [1.82, 2.24) is 15.1 Å². The Bertz CT molecular complexity index is 1610. The molecule has 3 aliphatic heterocycles. The zero-order valence-electron chi connectivity index (χ0n) is 39.3. The number of carbonyl (C=O) groups excluding carboxylic acids is 2. The van der Waals surface area contributed by atoms with E-state index >= 15 is 0 Å². The maximum absolute atomic E-state index is 14.5. The first-order valence-electron chi connectivity index (χ1n) is 22.3. The summed E-state index contributed by atoms with van der Waals surface area (Å²) in [6.45, 7) is 19.0. The second-order valence-corrected chi connectivity index (χ2v) is 21.3. The molecule has 0 aromatic heterocycles. The van der Waals surface area contributed by atoms with Gasteiger partial charge < -0.3 is 43.9 Å². The summed E-state index contributed by atoms with van der Waals surface area (Å²) in [4.78, 5) is 31.9. The second-order valence-electron chi connectivity index (χ2n) is 19.1. The van der Waals surface area contributed by atoms with Crippen LogP contribution in [0.15, 0.2) is 30.3 Å². The molecule has 3 fully saturated rings. The zero-order valence-corrected chi connectivity index (χ0v) is 42.4. The fourth-order valence-corrected chi connectivity index (χ4v) is 12.5. The lowest BCUT2D eigenvalue weighted by molar-refractivity contribution is -0.255. The van der Waals surface area contributed by atoms with E-state index in [4.69, 9.17) is 39.4 Å². The molecule has 16 heteroatoms. The number of aliphatic hydroxyl groups excluding tert-OH is 1. The van der Waals surface area contributed by atoms with Crippen LogP contribution in [-0.2, 0) is 42.9 Å². The number of aliphatic hydroxyl groups is 3. The van der Waals surface area contributed by atoms with Crippen molar-refractivity contribution in [3.63, 3.8) is 0 Å². The maximum atomic E-state index is 14.5. The molecule has 1 aromatic carbocycles. The molecule has 3 aliphatic rings. The summed E-state index contributed by atoms with van der Waals surface area (Å²) in [7, 11) is 5.61. The molecule has 2 unspecified atom stereocenters. The van der Waals surface area contributed by atoms with Gasteiger partial charge in [-0.25, -0.2) is 0 Å². The Morgan fingerprint density at radius 3 is 2.29 bits per heavy atom. The second kappa shape index (κ2) is 23.1. The number of cyclic esters (lactones) is 1. The number of benzene rings is 1. The van der Waals surface area contributed by atoms with Crippen molar-refractivity contribution in [2.75, 3.05) is 27.7 Å². The van der Waals surface area contributed by atoms with Crippen LogP contribution >= 0.6 is 33.8 Å². The Hall–Kier alpha value is -1.13. The molecule has 14 nitrogen and oxygen atoms in total. The smallest absolute Gasteiger partial charge is 0.311 e. The Morgan fingerprint density at radius 1 is 1.02 bits per heavy atom. The number of carbonyl (C=O) groups is 2. The van der Waals surface area contributed by atoms with Crippen LogP contribution in [0.25, 0.3) is 0 Å². The molecule has 3 heterocycles. The van der Waals surface area contributed by atoms with Crippen molar-refractivity contribution in [3.05, 3.63) is 35.9 Å². The minimum atomic E-state index is -1.88. The summed E-state index contributed by atoms with van der Waals surface area (Å²) < 4.78 is 39.7. The summed E-state index contributed by atoms with van der Waals surface area (Å²) in [6, 6.07) is 9.55. The molecule has 4 N–H and O–H groups in total. The number of halogens is 1. The van der Waals surface area contributed by atoms with Crippen molar-refractivity contribution in [2.45, 2.75) is 185 Å². The van der Waals surface area contributed by atoms with Crippen LogP contribution in [0.2, 0.25) is 0 Å². The third kappa shape index (κ3) is 13.5. The van der Waals surface area contributed by atoms with Crippen LogP contribution in [0.5, 0.6) is 0 Å². The molecule has 1 aromatic rings. The third-order valence-electron chi connectivity index (χ3n) is 13.5. The molecule has 0 spiro atoms. The number of nitrogens with one attached hydrogen (secondary N) is 1. The SMILES string of the molecule is CC[C@H]1OC(=O)[C@H](C)[C@@H](O[C@H]2C[C@@](C)(OC)C(=O)[C@H](C)O2)[C@H](C)C(C=IO[C@H]2C[C@@H](N(C)C)C[C@@H](C)O2)[C@](C)(O)C[C@@H](C)CN(C(S)NCc2ccccc2)[C@H](C)[C@@H](O)[C@]1(C)O. The van der Waals surface area contributed by atoms with Crippen LogP contribution in [0, 0.1) is 23.7 Å². The van der Waals surface area contributed by atoms with Gasteiger partial charge in [-0.15, -0.1) is 12.6 Å². The maximum Gasteiger partial charge on any atom is 0.311 e. The topological polar surface area (TPSA) is 169 Å². The number of ketones is 1. The summed E-state index contributed by atoms with van der Waals surface area (Å²) >= 11 is 3.88. The third-order valence-corrected chi connectivity index (χ3v) is 15.9. The minimum Gasteiger partial charge on any atom is -0.459 e. The Labute approximate surface area is 387 Å². The molecule has 4 rings (SSSR count). The Morgan fingerprint density at radius 2 is 1.68 bits per heavy atom. The van der Waals surface area contributed by atoms with Gasteiger partial charge in [0, 0.05) is 72.2 Å². The molecule has 356 valence electrons. The van der Waals surface area contributed by atoms with Gasteiger partial charge in [-0.1, -0.05) is 51.1 Å². The fourth-order valence-electron chi connectivity index (χ4n) is 9.57. The number of Topliss-reactive ketones (excluding diaryl/α,β-unsaturated/α-hetero) is 1. The molecule has 3 saturated heterocycles. The minimum absolute atomic E-state index is 0.0214. The predicted molar refractivity (Wildman–Crippen MR) is 252 cm³/mol. The first-order valence-corrected chi connectivity index (χ1v) is 25.0. The molecule has 0 saturated carbocycles. The fraction of sp³-hybridized carbons (Fsp3) is 0.804. The molecule has 0 radical (unpaired) electrons. The van der Waals surface area contributed by atoms with Crippen LogP contribution < -0.4 is 5.32 Å². The molecule has 0 amide bonds. The van der Waals surface area contributed by atoms with E-state index in [2.05, 4.69) is 42.2 Å². The van der Waals surface area contributed by atoms with Crippen molar-refractivity contribution < 1.29 is 51.7 Å². The molecule has 0 bridgehead atoms. The van der Waals surface area contributed by atoms with Crippen LogP contribution in [0.4, 0.5) is 0 Å². The van der Waals surface area contributed by atoms with E-state index in [1.165, 1.54) is 14.0 Å². The quantitative estimate of drug-likeness (QED) is 0.0777. The lowest BCUT2D eigenvalue weighted by Crippen LogP contribution is -2.62. The number of hydrogen-bond donors (Lipinski definition) is 5. The summed E-state index contributed by atoms with van der Waals surface area (Å²) in [6.07, 6.45) is -3.33. The molecule has 62 heavy (non-hydrogen) atoms. The van der Waals surface area contributed by atoms with Crippen LogP contribution in [0.1, 0.15) is 107 Å². The zero-order chi connectivity index (χ0) is 46.3. The number of nitrogens with zero attached hydrogens (tertiary/aromatic N) is 2. The lowest BCUT2D eigenvalue weighted by Gasteiger charge is -2.45. The number of thiol groups is 1. The van der Waals surface area contributed by atoms with Gasteiger partial charge in [0.25, 0.3) is 0 Å². The highest BCUT2D eigenvalue weighted by molar-refractivity contribution is 14.2. The van der Waals surface area contributed by atoms with Crippen LogP contribution in [-0.4, -0.2) is 146 Å². The first-order chi connectivity index (χ1) is 28.9. The van der Waals surface area contributed by atoms with Gasteiger partial charge in [0.1, 0.15) is 35.0 Å². The van der Waals surface area contributed by atoms with Gasteiger partial charge in [-0.2, -0.15) is 0 Å². The van der Waals surface area contributed by atoms with E-state index in [1.807, 2.05) is 56.0 Å². The monoisotopic (exact) mass is 1010 g/mol. The number of esters is 1. The molecular weight excluding hydrogens is 929 g/mol. The van der Waals surface area contributed by atoms with Gasteiger partial charge >= 0.3 is 5.97 Å². The molecule has 0 aliphatic carbocycles. The highest BCUT2D eigenvalue weighted by atomic mass is 127. The number of ether oxygens (including phenoxy) is 5. The highest BCUT2D eigenvalue weighted by Gasteiger charge is 2.51. The number of rotatable bonds is 12. The van der Waals surface area contributed by atoms with Crippen molar-refractivity contribution in [2.24, 2.45) is 23.7 Å². The standard InChI is InChI=1S/C46H78IN3O11S/c1-14-36-46(10,55)40(51)31(6)50(43(62)48-25-33-18-16-15-17-19-33)26-27(2)22-44(8,54)35(24-47-61-37-21-34(49(11)12)20-28(3)57-37)29(4)39(30(5)42(53)59-36)60-38-23-45(9,56-13)41(52)32(7)58-38/h15-19,24,27-32,34-40,43,48,51,54-55,62H,14,20-23,25-26H2,1-13H3/t27-,28-,29-,30-,31-,32+,34+,35?,36-,37+,38+,39+,40-,43?,44-,45-,46-/m1/s1. The summed E-state index contributed by atoms with van der Waals surface area (Å²) in [5.41, 5.74) is -3.94. The summed E-state index contributed by atoms with van der Waals surface area (Å²) in [5.74, 6) is -3.09. The van der Waals surface area contributed by atoms with E-state index in [1.54, 1.807) is 27.7 Å². The van der Waals surface area contributed by atoms with Crippen LogP contribution in [0.3, 0.4) is 0 Å². The van der Waals surface area contributed by atoms with Gasteiger partial charge in [0.2, 0.25) is 0 Å². The Kier molecular flexibility index (Phi) is 19.9. The number of hydrogen-bond acceptors (Lipinski definition) is 15. The van der Waals surface area contributed by atoms with Crippen molar-refractivity contribution in [1.29, 1.82) is 0 Å². The Balaban J connectivity index is 1.79. The van der Waals surface area contributed by atoms with E-state index in [9.17, 15) is 24.9 Å². The van der Waals surface area contributed by atoms with Gasteiger partial charge in [-0.3, -0.25) is 22.9 Å². The highest BCUT2D eigenvalue weighted by Crippen LogP contribution is 2.40. The largest absolute Gasteiger partial charge is 0.459 e. The van der Waals surface area contributed by atoms with E-state index in [-0.39, 0.29) is 30.6 Å².